The van der Waals surface area contributed by atoms with Gasteiger partial charge in [-0.15, -0.1) is 0 Å². The van der Waals surface area contributed by atoms with Gasteiger partial charge in [0.25, 0.3) is 0 Å². The number of hydrogen-bond acceptors (Lipinski definition) is 7. The average molecular weight is 422 g/mol. The van der Waals surface area contributed by atoms with Crippen LogP contribution in [0.5, 0.6) is 5.75 Å². The Balaban J connectivity index is 1.55. The SMILES string of the molecule is CCOC(=O)[C@@H]1CCCN(c2nc(C3CC3)nc3c2cnn3-c2ccc(OC)cc2)C1. The van der Waals surface area contributed by atoms with Gasteiger partial charge in [0.05, 0.1) is 36.9 Å². The molecule has 2 fully saturated rings. The first-order valence-electron chi connectivity index (χ1n) is 11.0. The largest absolute Gasteiger partial charge is 0.497 e. The molecule has 2 aliphatic rings. The van der Waals surface area contributed by atoms with Gasteiger partial charge in [-0.25, -0.2) is 14.6 Å². The summed E-state index contributed by atoms with van der Waals surface area (Å²) in [5, 5.41) is 5.54. The van der Waals surface area contributed by atoms with Gasteiger partial charge in [-0.2, -0.15) is 5.10 Å². The van der Waals surface area contributed by atoms with Gasteiger partial charge in [-0.05, 0) is 56.9 Å². The molecule has 8 nitrogen and oxygen atoms in total. The number of carbonyl (C=O) groups is 1. The Kier molecular flexibility index (Phi) is 5.21. The second kappa shape index (κ2) is 8.17. The Labute approximate surface area is 181 Å². The van der Waals surface area contributed by atoms with Crippen molar-refractivity contribution in [3.63, 3.8) is 0 Å². The van der Waals surface area contributed by atoms with Gasteiger partial charge < -0.3 is 14.4 Å². The molecule has 3 aromatic rings. The van der Waals surface area contributed by atoms with Crippen LogP contribution in [0.4, 0.5) is 5.82 Å². The van der Waals surface area contributed by atoms with Crippen LogP contribution in [-0.2, 0) is 9.53 Å². The molecular weight excluding hydrogens is 394 g/mol. The molecule has 1 saturated heterocycles. The van der Waals surface area contributed by atoms with Crippen molar-refractivity contribution in [1.82, 2.24) is 19.7 Å². The molecule has 162 valence electrons. The van der Waals surface area contributed by atoms with E-state index < -0.39 is 0 Å². The van der Waals surface area contributed by atoms with E-state index in [9.17, 15) is 4.79 Å². The van der Waals surface area contributed by atoms with E-state index in [-0.39, 0.29) is 11.9 Å². The Morgan fingerprint density at radius 3 is 2.68 bits per heavy atom. The molecule has 1 aliphatic heterocycles. The third-order valence-electron chi connectivity index (χ3n) is 6.03. The Morgan fingerprint density at radius 1 is 1.16 bits per heavy atom. The first-order chi connectivity index (χ1) is 15.2. The molecule has 3 heterocycles. The summed E-state index contributed by atoms with van der Waals surface area (Å²) < 4.78 is 12.4. The van der Waals surface area contributed by atoms with Crippen molar-refractivity contribution < 1.29 is 14.3 Å². The number of fused-ring (bicyclic) bond motifs is 1. The molecule has 0 amide bonds. The fourth-order valence-corrected chi connectivity index (χ4v) is 4.21. The van der Waals surface area contributed by atoms with E-state index in [1.54, 1.807) is 7.11 Å². The van der Waals surface area contributed by atoms with E-state index in [0.29, 0.717) is 19.1 Å². The van der Waals surface area contributed by atoms with Gasteiger partial charge in [-0.3, -0.25) is 4.79 Å². The lowest BCUT2D eigenvalue weighted by Gasteiger charge is -2.32. The van der Waals surface area contributed by atoms with Crippen molar-refractivity contribution in [2.45, 2.75) is 38.5 Å². The second-order valence-electron chi connectivity index (χ2n) is 8.21. The van der Waals surface area contributed by atoms with E-state index in [4.69, 9.17) is 19.4 Å². The maximum Gasteiger partial charge on any atom is 0.310 e. The molecular formula is C23H27N5O3. The summed E-state index contributed by atoms with van der Waals surface area (Å²) in [6.07, 6.45) is 5.85. The van der Waals surface area contributed by atoms with Crippen LogP contribution in [0.1, 0.15) is 44.3 Å². The third kappa shape index (κ3) is 3.82. The number of ether oxygens (including phenoxy) is 2. The number of carbonyl (C=O) groups excluding carboxylic acids is 1. The lowest BCUT2D eigenvalue weighted by molar-refractivity contribution is -0.148. The summed E-state index contributed by atoms with van der Waals surface area (Å²) in [6, 6.07) is 7.78. The number of rotatable bonds is 6. The third-order valence-corrected chi connectivity index (χ3v) is 6.03. The Morgan fingerprint density at radius 2 is 1.97 bits per heavy atom. The summed E-state index contributed by atoms with van der Waals surface area (Å²) in [7, 11) is 1.65. The maximum absolute atomic E-state index is 12.4. The van der Waals surface area contributed by atoms with Crippen LogP contribution < -0.4 is 9.64 Å². The summed E-state index contributed by atoms with van der Waals surface area (Å²) in [4.78, 5) is 24.4. The lowest BCUT2D eigenvalue weighted by Crippen LogP contribution is -2.40. The van der Waals surface area contributed by atoms with Gasteiger partial charge in [-0.1, -0.05) is 0 Å². The summed E-state index contributed by atoms with van der Waals surface area (Å²) in [5.41, 5.74) is 1.72. The predicted octanol–water partition coefficient (Wildman–Crippen LogP) is 3.48. The Bertz CT molecular complexity index is 1090. The number of esters is 1. The van der Waals surface area contributed by atoms with Crippen LogP contribution in [0.2, 0.25) is 0 Å². The first-order valence-corrected chi connectivity index (χ1v) is 11.0. The fourth-order valence-electron chi connectivity index (χ4n) is 4.21. The zero-order valence-corrected chi connectivity index (χ0v) is 18.0. The zero-order valence-electron chi connectivity index (χ0n) is 18.0. The van der Waals surface area contributed by atoms with E-state index in [1.165, 1.54) is 0 Å². The minimum absolute atomic E-state index is 0.117. The topological polar surface area (TPSA) is 82.4 Å². The van der Waals surface area contributed by atoms with Crippen molar-refractivity contribution in [2.75, 3.05) is 31.7 Å². The molecule has 0 N–H and O–H groups in total. The minimum Gasteiger partial charge on any atom is -0.497 e. The molecule has 8 heteroatoms. The van der Waals surface area contributed by atoms with Crippen LogP contribution in [0.3, 0.4) is 0 Å². The van der Waals surface area contributed by atoms with Gasteiger partial charge in [0.2, 0.25) is 0 Å². The van der Waals surface area contributed by atoms with E-state index in [1.807, 2.05) is 42.1 Å². The molecule has 0 radical (unpaired) electrons. The van der Waals surface area contributed by atoms with Crippen molar-refractivity contribution in [3.05, 3.63) is 36.3 Å². The van der Waals surface area contributed by atoms with E-state index in [0.717, 1.165) is 66.3 Å². The van der Waals surface area contributed by atoms with Gasteiger partial charge in [0.15, 0.2) is 5.65 Å². The first kappa shape index (κ1) is 19.8. The fraction of sp³-hybridized carbons (Fsp3) is 0.478. The highest BCUT2D eigenvalue weighted by Crippen LogP contribution is 2.40. The summed E-state index contributed by atoms with van der Waals surface area (Å²) in [6.45, 7) is 3.73. The Hall–Kier alpha value is -3.16. The lowest BCUT2D eigenvalue weighted by atomic mass is 9.98. The van der Waals surface area contributed by atoms with E-state index in [2.05, 4.69) is 10.00 Å². The predicted molar refractivity (Wildman–Crippen MR) is 117 cm³/mol. The highest BCUT2D eigenvalue weighted by atomic mass is 16.5. The molecule has 1 aromatic carbocycles. The number of methoxy groups -OCH3 is 1. The van der Waals surface area contributed by atoms with Crippen LogP contribution >= 0.6 is 0 Å². The smallest absolute Gasteiger partial charge is 0.310 e. The van der Waals surface area contributed by atoms with Crippen molar-refractivity contribution >= 4 is 22.8 Å². The van der Waals surface area contributed by atoms with Crippen molar-refractivity contribution in [3.8, 4) is 11.4 Å². The van der Waals surface area contributed by atoms with Gasteiger partial charge in [0.1, 0.15) is 17.4 Å². The molecule has 0 unspecified atom stereocenters. The molecule has 1 saturated carbocycles. The number of hydrogen-bond donors (Lipinski definition) is 0. The molecule has 0 bridgehead atoms. The molecule has 1 aliphatic carbocycles. The normalized spacial score (nSPS) is 18.9. The molecule has 0 spiro atoms. The van der Waals surface area contributed by atoms with Crippen molar-refractivity contribution in [2.24, 2.45) is 5.92 Å². The number of nitrogens with zero attached hydrogens (tertiary/aromatic N) is 5. The van der Waals surface area contributed by atoms with Crippen LogP contribution in [-0.4, -0.2) is 52.5 Å². The highest BCUT2D eigenvalue weighted by Gasteiger charge is 2.32. The van der Waals surface area contributed by atoms with Gasteiger partial charge in [0, 0.05) is 19.0 Å². The molecule has 1 atom stereocenters. The van der Waals surface area contributed by atoms with Crippen molar-refractivity contribution in [1.29, 1.82) is 0 Å². The highest BCUT2D eigenvalue weighted by molar-refractivity contribution is 5.88. The van der Waals surface area contributed by atoms with Crippen LogP contribution in [0.15, 0.2) is 30.5 Å². The monoisotopic (exact) mass is 421 g/mol. The van der Waals surface area contributed by atoms with Crippen LogP contribution in [0, 0.1) is 5.92 Å². The number of anilines is 1. The molecule has 5 rings (SSSR count). The summed E-state index contributed by atoms with van der Waals surface area (Å²) >= 11 is 0. The second-order valence-corrected chi connectivity index (χ2v) is 8.21. The molecule has 31 heavy (non-hydrogen) atoms. The standard InChI is InChI=1S/C23H27N5O3/c1-3-31-23(29)16-5-4-12-27(14-16)21-19-13-24-28(17-8-10-18(30-2)11-9-17)22(19)26-20(25-21)15-6-7-15/h8-11,13,15-16H,3-7,12,14H2,1-2H3/t16-/m1/s1. The quantitative estimate of drug-likeness (QED) is 0.564. The van der Waals surface area contributed by atoms with Gasteiger partial charge >= 0.3 is 5.97 Å². The number of piperidine rings is 1. The van der Waals surface area contributed by atoms with Crippen LogP contribution in [0.25, 0.3) is 16.7 Å². The number of aromatic nitrogens is 4. The maximum atomic E-state index is 12.4. The minimum atomic E-state index is -0.125. The average Bonchev–Trinajstić information content (AvgIpc) is 3.58. The van der Waals surface area contributed by atoms with E-state index >= 15 is 0 Å². The summed E-state index contributed by atoms with van der Waals surface area (Å²) in [5.74, 6) is 2.71. The molecule has 2 aromatic heterocycles. The number of benzene rings is 1. The zero-order chi connectivity index (χ0) is 21.4.